The average Bonchev–Trinajstić information content (AvgIpc) is 2.96. The quantitative estimate of drug-likeness (QED) is 0.874. The first-order valence-corrected chi connectivity index (χ1v) is 8.34. The monoisotopic (exact) mass is 306 g/mol. The van der Waals surface area contributed by atoms with Crippen LogP contribution in [0, 0.1) is 0 Å². The van der Waals surface area contributed by atoms with Gasteiger partial charge in [-0.1, -0.05) is 19.3 Å². The molecule has 1 saturated heterocycles. The molecule has 2 heterocycles. The molecule has 1 aromatic rings. The molecule has 0 bridgehead atoms. The van der Waals surface area contributed by atoms with E-state index in [9.17, 15) is 9.90 Å². The Morgan fingerprint density at radius 3 is 2.59 bits per heavy atom. The van der Waals surface area contributed by atoms with Gasteiger partial charge >= 0.3 is 6.03 Å². The van der Waals surface area contributed by atoms with E-state index in [1.165, 1.54) is 19.3 Å². The molecule has 0 atom stereocenters. The Morgan fingerprint density at radius 1 is 1.32 bits per heavy atom. The van der Waals surface area contributed by atoms with Gasteiger partial charge in [-0.3, -0.25) is 0 Å². The third kappa shape index (κ3) is 3.11. The molecular weight excluding hydrogens is 280 g/mol. The molecule has 2 fully saturated rings. The third-order valence-corrected chi connectivity index (χ3v) is 5.05. The number of likely N-dealkylation sites (tertiary alicyclic amines) is 1. The molecule has 2 N–H and O–H groups in total. The van der Waals surface area contributed by atoms with Crippen molar-refractivity contribution in [2.45, 2.75) is 56.6 Å². The first-order valence-electron chi connectivity index (χ1n) is 8.34. The van der Waals surface area contributed by atoms with Crippen molar-refractivity contribution in [3.8, 4) is 0 Å². The smallest absolute Gasteiger partial charge is 0.317 e. The molecule has 0 unspecified atom stereocenters. The predicted molar refractivity (Wildman–Crippen MR) is 83.3 cm³/mol. The fourth-order valence-electron chi connectivity index (χ4n) is 3.63. The van der Waals surface area contributed by atoms with E-state index in [1.807, 2.05) is 22.7 Å². The van der Waals surface area contributed by atoms with Crippen molar-refractivity contribution >= 4 is 6.03 Å². The summed E-state index contributed by atoms with van der Waals surface area (Å²) in [5, 5.41) is 13.9. The maximum Gasteiger partial charge on any atom is 0.317 e. The van der Waals surface area contributed by atoms with Crippen LogP contribution >= 0.6 is 0 Å². The second-order valence-electron chi connectivity index (χ2n) is 6.66. The summed E-state index contributed by atoms with van der Waals surface area (Å²) in [4.78, 5) is 18.4. The zero-order valence-corrected chi connectivity index (χ0v) is 13.3. The minimum absolute atomic E-state index is 0.0220. The predicted octanol–water partition coefficient (Wildman–Crippen LogP) is 1.75. The first-order chi connectivity index (χ1) is 10.6. The molecule has 2 aliphatic rings. The number of urea groups is 1. The minimum Gasteiger partial charge on any atom is -0.382 e. The maximum absolute atomic E-state index is 12.3. The van der Waals surface area contributed by atoms with E-state index < -0.39 is 5.60 Å². The molecule has 22 heavy (non-hydrogen) atoms. The zero-order chi connectivity index (χ0) is 15.6. The van der Waals surface area contributed by atoms with Crippen molar-refractivity contribution in [3.63, 3.8) is 0 Å². The van der Waals surface area contributed by atoms with Crippen LogP contribution in [0.2, 0.25) is 0 Å². The van der Waals surface area contributed by atoms with Gasteiger partial charge in [0.2, 0.25) is 0 Å². The Bertz CT molecular complexity index is 514. The van der Waals surface area contributed by atoms with Crippen LogP contribution in [0.1, 0.15) is 50.8 Å². The number of aliphatic hydroxyl groups is 1. The maximum atomic E-state index is 12.3. The van der Waals surface area contributed by atoms with E-state index >= 15 is 0 Å². The van der Waals surface area contributed by atoms with Crippen LogP contribution in [0.25, 0.3) is 0 Å². The molecule has 6 nitrogen and oxygen atoms in total. The number of amides is 2. The molecule has 0 radical (unpaired) electrons. The topological polar surface area (TPSA) is 70.4 Å². The highest BCUT2D eigenvalue weighted by Gasteiger charge is 2.38. The summed E-state index contributed by atoms with van der Waals surface area (Å²) in [6, 6.07) is 0.352. The molecule has 1 aliphatic carbocycles. The average molecular weight is 306 g/mol. The Balaban J connectivity index is 1.55. The number of rotatable bonds is 2. The van der Waals surface area contributed by atoms with Crippen LogP contribution in [0.5, 0.6) is 0 Å². The molecule has 1 aromatic heterocycles. The van der Waals surface area contributed by atoms with Gasteiger partial charge in [-0.15, -0.1) is 0 Å². The van der Waals surface area contributed by atoms with Gasteiger partial charge < -0.3 is 19.9 Å². The van der Waals surface area contributed by atoms with Crippen molar-refractivity contribution in [2.24, 2.45) is 7.05 Å². The standard InChI is InChI=1S/C16H26N4O2/c1-19-12-9-17-14(19)16(22)7-10-20(11-8-16)15(21)18-13-5-3-2-4-6-13/h9,12-13,22H,2-8,10-11H2,1H3,(H,18,21). The van der Waals surface area contributed by atoms with Gasteiger partial charge in [0, 0.05) is 51.4 Å². The number of hydrogen-bond acceptors (Lipinski definition) is 3. The summed E-state index contributed by atoms with van der Waals surface area (Å²) in [5.74, 6) is 0.694. The highest BCUT2D eigenvalue weighted by Crippen LogP contribution is 2.31. The van der Waals surface area contributed by atoms with Crippen molar-refractivity contribution in [2.75, 3.05) is 13.1 Å². The van der Waals surface area contributed by atoms with Crippen molar-refractivity contribution < 1.29 is 9.90 Å². The molecule has 6 heteroatoms. The Labute approximate surface area is 131 Å². The normalized spacial score (nSPS) is 22.5. The van der Waals surface area contributed by atoms with Gasteiger partial charge in [0.1, 0.15) is 11.4 Å². The van der Waals surface area contributed by atoms with Crippen molar-refractivity contribution in [1.82, 2.24) is 19.8 Å². The van der Waals surface area contributed by atoms with Crippen LogP contribution in [0.3, 0.4) is 0 Å². The van der Waals surface area contributed by atoms with Crippen LogP contribution in [-0.2, 0) is 12.6 Å². The van der Waals surface area contributed by atoms with E-state index in [2.05, 4.69) is 10.3 Å². The largest absolute Gasteiger partial charge is 0.382 e. The lowest BCUT2D eigenvalue weighted by Gasteiger charge is -2.38. The van der Waals surface area contributed by atoms with E-state index in [0.717, 1.165) is 12.8 Å². The lowest BCUT2D eigenvalue weighted by atomic mass is 9.90. The van der Waals surface area contributed by atoms with Crippen molar-refractivity contribution in [3.05, 3.63) is 18.2 Å². The number of nitrogens with one attached hydrogen (secondary N) is 1. The minimum atomic E-state index is -0.917. The SMILES string of the molecule is Cn1ccnc1C1(O)CCN(C(=O)NC2CCCCC2)CC1. The van der Waals surface area contributed by atoms with Gasteiger partial charge in [0.25, 0.3) is 0 Å². The molecule has 122 valence electrons. The number of carbonyl (C=O) groups is 1. The fourth-order valence-corrected chi connectivity index (χ4v) is 3.63. The van der Waals surface area contributed by atoms with Gasteiger partial charge in [0.15, 0.2) is 0 Å². The molecule has 2 amide bonds. The van der Waals surface area contributed by atoms with Crippen LogP contribution < -0.4 is 5.32 Å². The zero-order valence-electron chi connectivity index (χ0n) is 13.3. The summed E-state index contributed by atoms with van der Waals surface area (Å²) in [6.07, 6.45) is 10.5. The second kappa shape index (κ2) is 6.28. The van der Waals surface area contributed by atoms with Crippen LogP contribution in [-0.4, -0.2) is 44.7 Å². The Morgan fingerprint density at radius 2 is 2.00 bits per heavy atom. The molecule has 0 spiro atoms. The van der Waals surface area contributed by atoms with Crippen LogP contribution in [0.4, 0.5) is 4.79 Å². The number of hydrogen-bond donors (Lipinski definition) is 2. The van der Waals surface area contributed by atoms with Gasteiger partial charge in [0.05, 0.1) is 0 Å². The van der Waals surface area contributed by atoms with E-state index in [1.54, 1.807) is 6.20 Å². The Kier molecular flexibility index (Phi) is 4.38. The van der Waals surface area contributed by atoms with Gasteiger partial charge in [-0.05, 0) is 12.8 Å². The number of piperidine rings is 1. The lowest BCUT2D eigenvalue weighted by molar-refractivity contribution is -0.0264. The number of aryl methyl sites for hydroxylation is 1. The van der Waals surface area contributed by atoms with Crippen LogP contribution in [0.15, 0.2) is 12.4 Å². The molecule has 3 rings (SSSR count). The number of imidazole rings is 1. The second-order valence-corrected chi connectivity index (χ2v) is 6.66. The van der Waals surface area contributed by atoms with E-state index in [0.29, 0.717) is 37.8 Å². The van der Waals surface area contributed by atoms with Crippen molar-refractivity contribution in [1.29, 1.82) is 0 Å². The van der Waals surface area contributed by atoms with Gasteiger partial charge in [-0.2, -0.15) is 0 Å². The highest BCUT2D eigenvalue weighted by molar-refractivity contribution is 5.74. The Hall–Kier alpha value is -1.56. The van der Waals surface area contributed by atoms with E-state index in [4.69, 9.17) is 0 Å². The highest BCUT2D eigenvalue weighted by atomic mass is 16.3. The van der Waals surface area contributed by atoms with Gasteiger partial charge in [-0.25, -0.2) is 9.78 Å². The van der Waals surface area contributed by atoms with E-state index in [-0.39, 0.29) is 6.03 Å². The number of carbonyl (C=O) groups excluding carboxylic acids is 1. The number of nitrogens with zero attached hydrogens (tertiary/aromatic N) is 3. The summed E-state index contributed by atoms with van der Waals surface area (Å²) in [6.45, 7) is 1.14. The molecule has 1 aliphatic heterocycles. The summed E-state index contributed by atoms with van der Waals surface area (Å²) < 4.78 is 1.86. The lowest BCUT2D eigenvalue weighted by Crippen LogP contribution is -2.51. The molecule has 0 aromatic carbocycles. The third-order valence-electron chi connectivity index (χ3n) is 5.05. The molecule has 1 saturated carbocycles. The summed E-state index contributed by atoms with van der Waals surface area (Å²) in [7, 11) is 1.89. The number of aromatic nitrogens is 2. The summed E-state index contributed by atoms with van der Waals surface area (Å²) >= 11 is 0. The molecular formula is C16H26N4O2. The summed E-state index contributed by atoms with van der Waals surface area (Å²) in [5.41, 5.74) is -0.917. The fraction of sp³-hybridized carbons (Fsp3) is 0.750. The first kappa shape index (κ1) is 15.3.